The van der Waals surface area contributed by atoms with Gasteiger partial charge in [0.15, 0.2) is 104 Å². The van der Waals surface area contributed by atoms with E-state index >= 15 is 0 Å². The van der Waals surface area contributed by atoms with E-state index in [-0.39, 0.29) is 152 Å². The van der Waals surface area contributed by atoms with Gasteiger partial charge in [-0.25, -0.2) is 82.2 Å². The van der Waals surface area contributed by atoms with Gasteiger partial charge in [0.05, 0.1) is 53.5 Å². The van der Waals surface area contributed by atoms with E-state index in [4.69, 9.17) is 107 Å². The zero-order chi connectivity index (χ0) is 104. The summed E-state index contributed by atoms with van der Waals surface area (Å²) < 4.78 is 13.3. The molecule has 107 nitrogen and oxygen atoms in total. The molecule has 27 rings (SSSR count). The van der Waals surface area contributed by atoms with Crippen LogP contribution >= 0.6 is 0 Å². The van der Waals surface area contributed by atoms with Crippen molar-refractivity contribution in [2.75, 3.05) is 48.8 Å². The number of hydrazine groups is 6. The molecule has 150 heavy (non-hydrogen) atoms. The van der Waals surface area contributed by atoms with Crippen molar-refractivity contribution in [1.82, 2.24) is 324 Å². The number of hydrogen-bond acceptors (Lipinski definition) is 87. The van der Waals surface area contributed by atoms with Gasteiger partial charge in [0, 0.05) is 0 Å². The fraction of sp³-hybridized carbons (Fsp3) is 0.119. The molecular weight excluding hydrogens is 2030 g/mol. The third-order valence-corrected chi connectivity index (χ3v) is 15.3. The molecular formula is C42H70N106NaO-7. The molecule has 0 spiro atoms. The molecule has 9 aliphatic rings. The van der Waals surface area contributed by atoms with Crippen LogP contribution in [-0.4, -0.2) is 305 Å². The average molecular weight is 2100 g/mol. The Morgan fingerprint density at radius 3 is 0.453 bits per heavy atom. The van der Waals surface area contributed by atoms with Gasteiger partial charge in [0.25, 0.3) is 0 Å². The Balaban J connectivity index is 0.000000182. The fourth-order valence-electron chi connectivity index (χ4n) is 9.87. The smallest absolute Gasteiger partial charge is 0.352 e. The van der Waals surface area contributed by atoms with Crippen molar-refractivity contribution in [3.05, 3.63) is 99.4 Å². The molecule has 108 heteroatoms. The number of nitrogens with one attached hydrogen (secondary N) is 25. The van der Waals surface area contributed by atoms with Crippen LogP contribution in [0.3, 0.4) is 0 Å². The number of carbonyl (C=O) groups is 1. The van der Waals surface area contributed by atoms with Gasteiger partial charge in [-0.05, 0) is 46.9 Å². The predicted octanol–water partition coefficient (Wildman–Crippen LogP) is -26.3. The summed E-state index contributed by atoms with van der Waals surface area (Å²) in [5.41, 5.74) is 112. The number of aromatic nitrogens is 54. The first-order valence-corrected chi connectivity index (χ1v) is 37.4. The molecule has 0 bridgehead atoms. The number of rotatable bonds is 7. The fourth-order valence-corrected chi connectivity index (χ4v) is 9.87. The van der Waals surface area contributed by atoms with E-state index in [1.165, 1.54) is 39.6 Å². The van der Waals surface area contributed by atoms with Crippen molar-refractivity contribution in [2.24, 2.45) is 86.7 Å². The van der Waals surface area contributed by atoms with Gasteiger partial charge in [-0.1, -0.05) is 0 Å². The largest absolute Gasteiger partial charge is 1.00 e. The SMILES string of the molecule is N.N.N.N=c1nc2n3c(nnnc3n1)N[N-]2.N=c1nc2n3c(nnnc3n1)N[N-]2.N=c1nc2n3c(nnnc3n1)N[N-]2.N=c1nc2n3c(nnnc3n1)N[N-]2.N=c1nc2n3c(nnnc3n1)N[N-]2.N=c1nc2n3c(nnnc3n1)N[N-]2.N=c1nc2n3c(nnnc3n1)N[N-]2.N=c1nc2n3c(nnnc3n1)N[N-]2.N=c1nc2n3c(nnnc3n1)N[N-]2.NC(=O)NC(N)N.NC(N)N.NNC(N)N.NNC(N)NN.NNC(NN)NN.[H+].[Na+]. The maximum Gasteiger partial charge on any atom is 1.00 e. The van der Waals surface area contributed by atoms with Crippen LogP contribution in [0.25, 0.3) is 101 Å². The molecule has 18 aromatic rings. The first kappa shape index (κ1) is 110. The van der Waals surface area contributed by atoms with Crippen molar-refractivity contribution >= 4 is 165 Å². The molecule has 2 amide bonds. The zero-order valence-electron chi connectivity index (χ0n) is 75.3. The number of nitrogens with two attached hydrogens (primary N) is 15. The number of urea groups is 1. The van der Waals surface area contributed by atoms with Crippen LogP contribution in [0.2, 0.25) is 0 Å². The van der Waals surface area contributed by atoms with E-state index in [0.717, 1.165) is 0 Å². The molecule has 0 saturated carbocycles. The zero-order valence-corrected chi connectivity index (χ0v) is 76.3. The maximum absolute atomic E-state index is 9.76. The molecule has 0 unspecified atom stereocenters. The minimum absolute atomic E-state index is 0. The summed E-state index contributed by atoms with van der Waals surface area (Å²) in [7, 11) is 0. The van der Waals surface area contributed by atoms with Crippen LogP contribution in [0.1, 0.15) is 1.43 Å². The molecule has 782 valence electrons. The standard InChI is InChI=1S/9C4H2N9.C2H8N4O.CH10N6.CH9N5.CH8N4.CH7N3.3H3N.Na/c9*5-1-6-2-8-9-4-11-12-10-3(7-1)13(2)4;3-1(4)6-2(5)7;2-5-1(6-3)7-4;2-1(5-3)6-4;2-1(3)5-4;2-1(3)4;;;;/h9*(H2-,5,6,7,8,9,10,11);1H,3-4H2,(H3,5,6,7);1,5-7H,2-4H2;1,5-6H,2-4H2;1,5H,2-4H2;1H,2-4H2;3*1H3;/q9*-1;;;;;;;;;+1/p+1. The Morgan fingerprint density at radius 1 is 0.240 bits per heavy atom. The second-order valence-corrected chi connectivity index (χ2v) is 24.9. The van der Waals surface area contributed by atoms with E-state index in [0.29, 0.717) is 107 Å². The third kappa shape index (κ3) is 26.6. The molecule has 0 saturated heterocycles. The number of carbonyl (C=O) groups excluding carboxylic acids is 1. The van der Waals surface area contributed by atoms with Crippen molar-refractivity contribution < 1.29 is 35.8 Å². The Hall–Kier alpha value is -21.5. The number of amides is 2. The molecule has 0 fully saturated rings. The summed E-state index contributed by atoms with van der Waals surface area (Å²) in [5.74, 6) is 37.5. The summed E-state index contributed by atoms with van der Waals surface area (Å²) in [5, 5.41) is 164. The first-order chi connectivity index (χ1) is 70.4. The molecule has 0 radical (unpaired) electrons. The summed E-state index contributed by atoms with van der Waals surface area (Å²) >= 11 is 0. The topological polar surface area (TPSA) is 1670 Å². The van der Waals surface area contributed by atoms with Gasteiger partial charge in [-0.3, -0.25) is 144 Å². The van der Waals surface area contributed by atoms with Crippen LogP contribution in [0, 0.1) is 48.7 Å². The Kier molecular flexibility index (Phi) is 37.0. The van der Waals surface area contributed by atoms with Crippen LogP contribution in [0.15, 0.2) is 0 Å². The number of primary amides is 1. The maximum atomic E-state index is 9.76. The van der Waals surface area contributed by atoms with Gasteiger partial charge < -0.3 is 197 Å². The van der Waals surface area contributed by atoms with Crippen LogP contribution < -0.4 is 272 Å². The van der Waals surface area contributed by atoms with Gasteiger partial charge in [0.1, 0.15) is 31.4 Å². The summed E-state index contributed by atoms with van der Waals surface area (Å²) in [6, 6.07) is -0.713. The Bertz CT molecular complexity index is 6910. The van der Waals surface area contributed by atoms with Crippen LogP contribution in [0.4, 0.5) is 112 Å². The molecule has 0 aromatic carbocycles. The molecule has 9 aliphatic heterocycles. The normalized spacial score (nSPS) is 11.7. The van der Waals surface area contributed by atoms with Crippen LogP contribution in [0.5, 0.6) is 0 Å². The second kappa shape index (κ2) is 50.2. The van der Waals surface area contributed by atoms with E-state index in [9.17, 15) is 4.79 Å². The number of hydrogen-bond donors (Lipinski definition) is 43. The molecule has 18 aromatic heterocycles. The average Bonchev–Trinajstić information content (AvgIpc) is 1.69. The van der Waals surface area contributed by atoms with Gasteiger partial charge in [-0.15, -0.1) is 91.8 Å². The number of anilines is 9. The molecule has 64 N–H and O–H groups in total. The van der Waals surface area contributed by atoms with E-state index in [1.807, 2.05) is 5.32 Å². The summed E-state index contributed by atoms with van der Waals surface area (Å²) in [6.45, 7) is 0. The first-order valence-electron chi connectivity index (χ1n) is 37.4. The van der Waals surface area contributed by atoms with Crippen molar-refractivity contribution in [1.29, 1.82) is 48.7 Å². The monoisotopic (exact) mass is 2100 g/mol. The Morgan fingerprint density at radius 2 is 0.373 bits per heavy atom. The van der Waals surface area contributed by atoms with Crippen LogP contribution in [-0.2, 0) is 0 Å². The molecule has 27 heterocycles. The van der Waals surface area contributed by atoms with E-state index in [1.54, 1.807) is 0 Å². The minimum Gasteiger partial charge on any atom is -0.352 e. The van der Waals surface area contributed by atoms with Crippen molar-refractivity contribution in [3.8, 4) is 0 Å². The molecule has 0 atom stereocenters. The second-order valence-electron chi connectivity index (χ2n) is 24.9. The Labute approximate surface area is 837 Å². The van der Waals surface area contributed by atoms with Gasteiger partial charge in [-0.2, -0.15) is 0 Å². The van der Waals surface area contributed by atoms with E-state index < -0.39 is 37.5 Å². The number of nitrogens with zero attached hydrogens (tertiary/aromatic N) is 63. The molecule has 0 aliphatic carbocycles. The summed E-state index contributed by atoms with van der Waals surface area (Å²) in [6.07, 6.45) is -3.04. The third-order valence-electron chi connectivity index (χ3n) is 15.3. The quantitative estimate of drug-likeness (QED) is 0.0305. The van der Waals surface area contributed by atoms with Gasteiger partial charge >= 0.3 is 37.0 Å². The predicted molar refractivity (Wildman–Crippen MR) is 475 cm³/mol. The van der Waals surface area contributed by atoms with Gasteiger partial charge in [0.2, 0.25) is 52.0 Å². The van der Waals surface area contributed by atoms with Crippen molar-refractivity contribution in [3.63, 3.8) is 0 Å². The van der Waals surface area contributed by atoms with Crippen molar-refractivity contribution in [2.45, 2.75) is 31.4 Å². The van der Waals surface area contributed by atoms with E-state index in [2.05, 4.69) is 387 Å². The summed E-state index contributed by atoms with van der Waals surface area (Å²) in [4.78, 5) is 77.2. The minimum atomic E-state index is -0.850.